The number of likely N-dealkylation sites (tertiary alicyclic amines) is 1. The first kappa shape index (κ1) is 12.7. The van der Waals surface area contributed by atoms with Crippen LogP contribution in [0.2, 0.25) is 5.15 Å². The largest absolute Gasteiger partial charge is 0.338 e. The molecule has 0 aromatic carbocycles. The molecule has 2 heterocycles. The van der Waals surface area contributed by atoms with Crippen molar-refractivity contribution in [2.75, 3.05) is 13.1 Å². The molecule has 1 aromatic heterocycles. The fourth-order valence-corrected chi connectivity index (χ4v) is 2.11. The van der Waals surface area contributed by atoms with E-state index in [1.165, 1.54) is 0 Å². The molecule has 1 aliphatic heterocycles. The SMILES string of the molecule is [N-]=[N+]=NCC1CC(=O)N(Cc2ccc(Cl)nc2)C1. The number of rotatable bonds is 4. The second kappa shape index (κ2) is 5.71. The van der Waals surface area contributed by atoms with E-state index in [1.54, 1.807) is 17.2 Å². The molecule has 1 atom stereocenters. The summed E-state index contributed by atoms with van der Waals surface area (Å²) in [7, 11) is 0. The molecule has 6 nitrogen and oxygen atoms in total. The highest BCUT2D eigenvalue weighted by Gasteiger charge is 2.28. The second-order valence-electron chi connectivity index (χ2n) is 4.25. The average molecular weight is 266 g/mol. The Bertz CT molecular complexity index is 483. The summed E-state index contributed by atoms with van der Waals surface area (Å²) in [6.07, 6.45) is 2.11. The molecule has 1 fully saturated rings. The summed E-state index contributed by atoms with van der Waals surface area (Å²) in [6, 6.07) is 3.55. The summed E-state index contributed by atoms with van der Waals surface area (Å²) >= 11 is 5.70. The van der Waals surface area contributed by atoms with Crippen LogP contribution in [0.15, 0.2) is 23.4 Å². The molecule has 1 saturated heterocycles. The van der Waals surface area contributed by atoms with Crippen LogP contribution in [0.25, 0.3) is 10.4 Å². The van der Waals surface area contributed by atoms with Gasteiger partial charge in [0.05, 0.1) is 0 Å². The Morgan fingerprint density at radius 2 is 2.44 bits per heavy atom. The molecule has 0 radical (unpaired) electrons. The van der Waals surface area contributed by atoms with Crippen LogP contribution in [-0.2, 0) is 11.3 Å². The van der Waals surface area contributed by atoms with Gasteiger partial charge in [0, 0.05) is 37.2 Å². The van der Waals surface area contributed by atoms with Crippen molar-refractivity contribution in [3.8, 4) is 0 Å². The molecule has 0 saturated carbocycles. The lowest BCUT2D eigenvalue weighted by molar-refractivity contribution is -0.128. The molecular formula is C11H12ClN5O. The molecule has 1 unspecified atom stereocenters. The van der Waals surface area contributed by atoms with Crippen LogP contribution in [0.5, 0.6) is 0 Å². The highest BCUT2D eigenvalue weighted by atomic mass is 35.5. The third-order valence-corrected chi connectivity index (χ3v) is 3.08. The molecule has 18 heavy (non-hydrogen) atoms. The van der Waals surface area contributed by atoms with Crippen molar-refractivity contribution in [1.29, 1.82) is 0 Å². The average Bonchev–Trinajstić information content (AvgIpc) is 2.70. The van der Waals surface area contributed by atoms with Crippen LogP contribution in [0.3, 0.4) is 0 Å². The number of carbonyl (C=O) groups excluding carboxylic acids is 1. The van der Waals surface area contributed by atoms with Crippen LogP contribution in [0.4, 0.5) is 0 Å². The Morgan fingerprint density at radius 3 is 3.11 bits per heavy atom. The topological polar surface area (TPSA) is 82.0 Å². The predicted molar refractivity (Wildman–Crippen MR) is 66.8 cm³/mol. The lowest BCUT2D eigenvalue weighted by Gasteiger charge is -2.16. The molecular weight excluding hydrogens is 254 g/mol. The van der Waals surface area contributed by atoms with Gasteiger partial charge in [0.2, 0.25) is 5.91 Å². The van der Waals surface area contributed by atoms with Gasteiger partial charge in [-0.05, 0) is 23.1 Å². The van der Waals surface area contributed by atoms with E-state index >= 15 is 0 Å². The van der Waals surface area contributed by atoms with Crippen molar-refractivity contribution >= 4 is 17.5 Å². The fraction of sp³-hybridized carbons (Fsp3) is 0.455. The van der Waals surface area contributed by atoms with Crippen LogP contribution in [0, 0.1) is 5.92 Å². The third kappa shape index (κ3) is 3.12. The maximum absolute atomic E-state index is 11.8. The van der Waals surface area contributed by atoms with Crippen LogP contribution >= 0.6 is 11.6 Å². The van der Waals surface area contributed by atoms with Gasteiger partial charge < -0.3 is 4.90 Å². The van der Waals surface area contributed by atoms with E-state index < -0.39 is 0 Å². The summed E-state index contributed by atoms with van der Waals surface area (Å²) in [5.41, 5.74) is 9.20. The summed E-state index contributed by atoms with van der Waals surface area (Å²) in [5, 5.41) is 3.95. The summed E-state index contributed by atoms with van der Waals surface area (Å²) in [6.45, 7) is 1.52. The van der Waals surface area contributed by atoms with Gasteiger partial charge in [-0.1, -0.05) is 22.8 Å². The minimum absolute atomic E-state index is 0.0862. The zero-order chi connectivity index (χ0) is 13.0. The van der Waals surface area contributed by atoms with Crippen LogP contribution < -0.4 is 0 Å². The second-order valence-corrected chi connectivity index (χ2v) is 4.63. The lowest BCUT2D eigenvalue weighted by Crippen LogP contribution is -2.24. The Kier molecular flexibility index (Phi) is 4.02. The fourth-order valence-electron chi connectivity index (χ4n) is 2.00. The van der Waals surface area contributed by atoms with E-state index in [9.17, 15) is 4.79 Å². The Morgan fingerprint density at radius 1 is 1.61 bits per heavy atom. The van der Waals surface area contributed by atoms with Crippen molar-refractivity contribution in [1.82, 2.24) is 9.88 Å². The lowest BCUT2D eigenvalue weighted by atomic mass is 10.1. The molecule has 0 spiro atoms. The molecule has 0 bridgehead atoms. The van der Waals surface area contributed by atoms with Gasteiger partial charge in [-0.25, -0.2) is 4.98 Å². The molecule has 1 amide bonds. The Labute approximate surface area is 109 Å². The number of halogens is 1. The van der Waals surface area contributed by atoms with Crippen LogP contribution in [-0.4, -0.2) is 28.9 Å². The van der Waals surface area contributed by atoms with E-state index in [0.29, 0.717) is 31.2 Å². The van der Waals surface area contributed by atoms with Gasteiger partial charge >= 0.3 is 0 Å². The van der Waals surface area contributed by atoms with E-state index in [4.69, 9.17) is 17.1 Å². The van der Waals surface area contributed by atoms with Gasteiger partial charge in [-0.2, -0.15) is 0 Å². The third-order valence-electron chi connectivity index (χ3n) is 2.86. The number of pyridine rings is 1. The first-order valence-corrected chi connectivity index (χ1v) is 5.96. The van der Waals surface area contributed by atoms with Crippen molar-refractivity contribution in [3.05, 3.63) is 39.5 Å². The van der Waals surface area contributed by atoms with Gasteiger partial charge in [0.25, 0.3) is 0 Å². The number of hydrogen-bond acceptors (Lipinski definition) is 3. The molecule has 94 valence electrons. The quantitative estimate of drug-likeness (QED) is 0.362. The molecule has 0 N–H and O–H groups in total. The maximum atomic E-state index is 11.8. The zero-order valence-corrected chi connectivity index (χ0v) is 10.4. The first-order valence-electron chi connectivity index (χ1n) is 5.58. The molecule has 7 heteroatoms. The smallest absolute Gasteiger partial charge is 0.223 e. The van der Waals surface area contributed by atoms with Gasteiger partial charge in [-0.15, -0.1) is 0 Å². The highest BCUT2D eigenvalue weighted by Crippen LogP contribution is 2.20. The first-order chi connectivity index (χ1) is 8.69. The Hall–Kier alpha value is -1.78. The highest BCUT2D eigenvalue weighted by molar-refractivity contribution is 6.29. The van der Waals surface area contributed by atoms with E-state index in [2.05, 4.69) is 15.0 Å². The molecule has 0 aliphatic carbocycles. The summed E-state index contributed by atoms with van der Waals surface area (Å²) < 4.78 is 0. The number of carbonyl (C=O) groups is 1. The maximum Gasteiger partial charge on any atom is 0.223 e. The van der Waals surface area contributed by atoms with Gasteiger partial charge in [0.15, 0.2) is 0 Å². The number of hydrogen-bond donors (Lipinski definition) is 0. The van der Waals surface area contributed by atoms with Crippen molar-refractivity contribution in [3.63, 3.8) is 0 Å². The van der Waals surface area contributed by atoms with Crippen molar-refractivity contribution < 1.29 is 4.79 Å². The van der Waals surface area contributed by atoms with E-state index in [1.807, 2.05) is 6.07 Å². The van der Waals surface area contributed by atoms with E-state index in [0.717, 1.165) is 5.56 Å². The standard InChI is InChI=1S/C11H12ClN5O/c12-10-2-1-8(4-14-10)6-17-7-9(3-11(17)18)5-15-16-13/h1-2,4,9H,3,5-7H2. The molecule has 2 rings (SSSR count). The van der Waals surface area contributed by atoms with Crippen LogP contribution in [0.1, 0.15) is 12.0 Å². The summed E-state index contributed by atoms with van der Waals surface area (Å²) in [4.78, 5) is 20.2. The van der Waals surface area contributed by atoms with Gasteiger partial charge in [-0.3, -0.25) is 4.79 Å². The van der Waals surface area contributed by atoms with Gasteiger partial charge in [0.1, 0.15) is 5.15 Å². The zero-order valence-electron chi connectivity index (χ0n) is 9.66. The van der Waals surface area contributed by atoms with Crippen molar-refractivity contribution in [2.24, 2.45) is 11.0 Å². The molecule has 1 aromatic rings. The summed E-state index contributed by atoms with van der Waals surface area (Å²) in [5.74, 6) is 0.205. The Balaban J connectivity index is 1.95. The number of amides is 1. The number of nitrogens with zero attached hydrogens (tertiary/aromatic N) is 5. The van der Waals surface area contributed by atoms with Crippen molar-refractivity contribution in [2.45, 2.75) is 13.0 Å². The number of aromatic nitrogens is 1. The normalized spacial score (nSPS) is 18.8. The van der Waals surface area contributed by atoms with E-state index in [-0.39, 0.29) is 11.8 Å². The minimum Gasteiger partial charge on any atom is -0.338 e. The molecule has 1 aliphatic rings. The number of azide groups is 1. The monoisotopic (exact) mass is 265 g/mol. The minimum atomic E-state index is 0.0862. The predicted octanol–water partition coefficient (Wildman–Crippen LogP) is 2.39.